The largest absolute Gasteiger partial charge is 0.481 e. The maximum Gasteiger partial charge on any atom is 0.407 e. The Bertz CT molecular complexity index is 991. The van der Waals surface area contributed by atoms with Crippen molar-refractivity contribution in [2.75, 3.05) is 13.2 Å². The van der Waals surface area contributed by atoms with E-state index in [1.165, 1.54) is 0 Å². The van der Waals surface area contributed by atoms with Gasteiger partial charge in [0.15, 0.2) is 0 Å². The summed E-state index contributed by atoms with van der Waals surface area (Å²) in [5.74, 6) is -1.19. The molecule has 2 aromatic carbocycles. The topological polar surface area (TPSA) is 105 Å². The van der Waals surface area contributed by atoms with Crippen LogP contribution in [0.15, 0.2) is 48.5 Å². The molecule has 2 amide bonds. The lowest BCUT2D eigenvalue weighted by Crippen LogP contribution is -2.47. The first-order chi connectivity index (χ1) is 15.4. The van der Waals surface area contributed by atoms with Gasteiger partial charge in [0.2, 0.25) is 5.91 Å². The van der Waals surface area contributed by atoms with Gasteiger partial charge in [-0.25, -0.2) is 4.79 Å². The third kappa shape index (κ3) is 4.20. The molecule has 0 spiro atoms. The van der Waals surface area contributed by atoms with Gasteiger partial charge in [-0.2, -0.15) is 0 Å². The fraction of sp³-hybridized carbons (Fsp3) is 0.400. The number of rotatable bonds is 7. The highest BCUT2D eigenvalue weighted by Crippen LogP contribution is 2.44. The number of nitrogens with one attached hydrogen (secondary N) is 2. The number of carbonyl (C=O) groups is 3. The molecular formula is C25H28N2O5. The van der Waals surface area contributed by atoms with Gasteiger partial charge in [0, 0.05) is 24.9 Å². The van der Waals surface area contributed by atoms with Crippen molar-refractivity contribution in [2.24, 2.45) is 5.41 Å². The van der Waals surface area contributed by atoms with E-state index < -0.39 is 17.5 Å². The Morgan fingerprint density at radius 3 is 2.31 bits per heavy atom. The van der Waals surface area contributed by atoms with Gasteiger partial charge in [-0.1, -0.05) is 55.0 Å². The monoisotopic (exact) mass is 436 g/mol. The van der Waals surface area contributed by atoms with Crippen LogP contribution in [0.3, 0.4) is 0 Å². The Morgan fingerprint density at radius 1 is 1.06 bits per heavy atom. The second kappa shape index (κ2) is 9.02. The van der Waals surface area contributed by atoms with Gasteiger partial charge in [-0.3, -0.25) is 9.59 Å². The van der Waals surface area contributed by atoms with Gasteiger partial charge in [0.05, 0.1) is 5.41 Å². The average Bonchev–Trinajstić information content (AvgIpc) is 3.31. The molecule has 7 nitrogen and oxygen atoms in total. The van der Waals surface area contributed by atoms with Crippen LogP contribution in [0.4, 0.5) is 4.79 Å². The fourth-order valence-electron chi connectivity index (χ4n) is 4.85. The molecular weight excluding hydrogens is 408 g/mol. The number of hydrogen-bond acceptors (Lipinski definition) is 4. The number of carboxylic acids is 1. The molecule has 2 atom stereocenters. The molecule has 3 N–H and O–H groups in total. The van der Waals surface area contributed by atoms with Crippen LogP contribution in [-0.2, 0) is 14.3 Å². The van der Waals surface area contributed by atoms with Crippen LogP contribution in [-0.4, -0.2) is 42.3 Å². The highest BCUT2D eigenvalue weighted by Gasteiger charge is 2.45. The van der Waals surface area contributed by atoms with E-state index in [9.17, 15) is 19.5 Å². The zero-order chi connectivity index (χ0) is 22.7. The summed E-state index contributed by atoms with van der Waals surface area (Å²) in [5, 5.41) is 14.9. The van der Waals surface area contributed by atoms with Crippen LogP contribution in [0.1, 0.15) is 49.7 Å². The first-order valence-electron chi connectivity index (χ1n) is 11.0. The molecule has 2 aromatic rings. The fourth-order valence-corrected chi connectivity index (χ4v) is 4.85. The lowest BCUT2D eigenvalue weighted by molar-refractivity contribution is -0.149. The smallest absolute Gasteiger partial charge is 0.407 e. The summed E-state index contributed by atoms with van der Waals surface area (Å²) >= 11 is 0. The van der Waals surface area contributed by atoms with Crippen molar-refractivity contribution in [2.45, 2.75) is 44.6 Å². The lowest BCUT2D eigenvalue weighted by Gasteiger charge is -2.27. The summed E-state index contributed by atoms with van der Waals surface area (Å²) in [7, 11) is 0. The summed E-state index contributed by atoms with van der Waals surface area (Å²) in [6.07, 6.45) is 1.46. The van der Waals surface area contributed by atoms with Crippen LogP contribution in [0.5, 0.6) is 0 Å². The number of alkyl carbamates (subject to hydrolysis) is 1. The average molecular weight is 437 g/mol. The quantitative estimate of drug-likeness (QED) is 0.614. The molecule has 2 aliphatic carbocycles. The van der Waals surface area contributed by atoms with Crippen molar-refractivity contribution in [1.82, 2.24) is 10.6 Å². The van der Waals surface area contributed by atoms with Crippen molar-refractivity contribution < 1.29 is 24.2 Å². The van der Waals surface area contributed by atoms with Gasteiger partial charge in [-0.15, -0.1) is 0 Å². The number of benzene rings is 2. The molecule has 0 heterocycles. The van der Waals surface area contributed by atoms with Gasteiger partial charge in [0.25, 0.3) is 0 Å². The maximum atomic E-state index is 12.2. The van der Waals surface area contributed by atoms with E-state index >= 15 is 0 Å². The predicted molar refractivity (Wildman–Crippen MR) is 119 cm³/mol. The molecule has 168 valence electrons. The second-order valence-corrected chi connectivity index (χ2v) is 8.74. The van der Waals surface area contributed by atoms with Crippen molar-refractivity contribution in [3.63, 3.8) is 0 Å². The Morgan fingerprint density at radius 2 is 1.69 bits per heavy atom. The SMILES string of the molecule is CC1(C(=O)O)CCCC1NC(=O)CCNC(=O)OCC1c2ccccc2-c2ccccc21. The van der Waals surface area contributed by atoms with Gasteiger partial charge in [0.1, 0.15) is 6.61 Å². The van der Waals surface area contributed by atoms with Crippen molar-refractivity contribution in [1.29, 1.82) is 0 Å². The van der Waals surface area contributed by atoms with Gasteiger partial charge >= 0.3 is 12.1 Å². The molecule has 0 saturated heterocycles. The number of ether oxygens (including phenoxy) is 1. The maximum absolute atomic E-state index is 12.2. The minimum Gasteiger partial charge on any atom is -0.481 e. The summed E-state index contributed by atoms with van der Waals surface area (Å²) < 4.78 is 5.46. The van der Waals surface area contributed by atoms with Crippen LogP contribution in [0, 0.1) is 5.41 Å². The molecule has 0 aromatic heterocycles. The standard InChI is InChI=1S/C25H28N2O5/c1-25(23(29)30)13-6-11-21(25)27-22(28)12-14-26-24(31)32-15-20-18-9-4-2-7-16(18)17-8-3-5-10-19(17)20/h2-5,7-10,20-21H,6,11-15H2,1H3,(H,26,31)(H,27,28)(H,29,30). The number of amides is 2. The van der Waals surface area contributed by atoms with E-state index in [1.807, 2.05) is 24.3 Å². The Kier molecular flexibility index (Phi) is 6.17. The van der Waals surface area contributed by atoms with E-state index in [0.29, 0.717) is 12.8 Å². The summed E-state index contributed by atoms with van der Waals surface area (Å²) in [6, 6.07) is 15.8. The molecule has 2 unspecified atom stereocenters. The van der Waals surface area contributed by atoms with Crippen LogP contribution < -0.4 is 10.6 Å². The Hall–Kier alpha value is -3.35. The van der Waals surface area contributed by atoms with Crippen molar-refractivity contribution in [3.8, 4) is 11.1 Å². The Balaban J connectivity index is 1.25. The number of aliphatic carboxylic acids is 1. The highest BCUT2D eigenvalue weighted by molar-refractivity contribution is 5.81. The summed E-state index contributed by atoms with van der Waals surface area (Å²) in [6.45, 7) is 2.01. The molecule has 7 heteroatoms. The molecule has 0 radical (unpaired) electrons. The van der Waals surface area contributed by atoms with Crippen molar-refractivity contribution >= 4 is 18.0 Å². The van der Waals surface area contributed by atoms with Crippen LogP contribution in [0.25, 0.3) is 11.1 Å². The molecule has 4 rings (SSSR count). The zero-order valence-electron chi connectivity index (χ0n) is 18.1. The number of fused-ring (bicyclic) bond motifs is 3. The van der Waals surface area contributed by atoms with E-state index in [4.69, 9.17) is 4.74 Å². The van der Waals surface area contributed by atoms with Gasteiger partial charge < -0.3 is 20.5 Å². The summed E-state index contributed by atoms with van der Waals surface area (Å²) in [4.78, 5) is 36.0. The molecule has 1 fully saturated rings. The van der Waals surface area contributed by atoms with E-state index in [2.05, 4.69) is 34.9 Å². The van der Waals surface area contributed by atoms with Crippen LogP contribution >= 0.6 is 0 Å². The number of carbonyl (C=O) groups excluding carboxylic acids is 2. The highest BCUT2D eigenvalue weighted by atomic mass is 16.5. The second-order valence-electron chi connectivity index (χ2n) is 8.74. The molecule has 32 heavy (non-hydrogen) atoms. The third-order valence-corrected chi connectivity index (χ3v) is 6.75. The van der Waals surface area contributed by atoms with Crippen molar-refractivity contribution in [3.05, 3.63) is 59.7 Å². The van der Waals surface area contributed by atoms with Crippen LogP contribution in [0.2, 0.25) is 0 Å². The summed E-state index contributed by atoms with van der Waals surface area (Å²) in [5.41, 5.74) is 3.66. The molecule has 2 aliphatic rings. The molecule has 0 aliphatic heterocycles. The molecule has 1 saturated carbocycles. The third-order valence-electron chi connectivity index (χ3n) is 6.75. The first-order valence-corrected chi connectivity index (χ1v) is 11.0. The minimum absolute atomic E-state index is 0.0208. The number of hydrogen-bond donors (Lipinski definition) is 3. The normalized spacial score (nSPS) is 21.5. The van der Waals surface area contributed by atoms with E-state index in [0.717, 1.165) is 28.7 Å². The first kappa shape index (κ1) is 21.9. The van der Waals surface area contributed by atoms with E-state index in [-0.39, 0.29) is 37.4 Å². The van der Waals surface area contributed by atoms with Gasteiger partial charge in [-0.05, 0) is 42.0 Å². The lowest BCUT2D eigenvalue weighted by atomic mass is 9.85. The van der Waals surface area contributed by atoms with E-state index in [1.54, 1.807) is 6.92 Å². The number of carboxylic acid groups (broad SMARTS) is 1. The Labute approximate surface area is 187 Å². The molecule has 0 bridgehead atoms. The zero-order valence-corrected chi connectivity index (χ0v) is 18.1. The predicted octanol–water partition coefficient (Wildman–Crippen LogP) is 3.67. The minimum atomic E-state index is -0.935.